The molecular formula is C32H18Cl2N8Zn. The van der Waals surface area contributed by atoms with Gasteiger partial charge in [-0.1, -0.05) is 97.1 Å². The van der Waals surface area contributed by atoms with Gasteiger partial charge in [0.1, 0.15) is 22.6 Å². The summed E-state index contributed by atoms with van der Waals surface area (Å²) in [7, 11) is 9.90. The Labute approximate surface area is 260 Å². The zero-order chi connectivity index (χ0) is 28.9. The van der Waals surface area contributed by atoms with Gasteiger partial charge in [0.25, 0.3) is 0 Å². The molecule has 0 spiro atoms. The molecule has 43 heavy (non-hydrogen) atoms. The first-order chi connectivity index (χ1) is 21.2. The maximum Gasteiger partial charge on any atom is 0.164 e. The third-order valence-electron chi connectivity index (χ3n) is 7.46. The minimum absolute atomic E-state index is 0.597. The molecule has 0 atom stereocenters. The predicted octanol–water partition coefficient (Wildman–Crippen LogP) is 8.25. The van der Waals surface area contributed by atoms with E-state index in [9.17, 15) is 0 Å². The van der Waals surface area contributed by atoms with E-state index in [2.05, 4.69) is 9.97 Å². The van der Waals surface area contributed by atoms with Crippen LogP contribution < -0.4 is 0 Å². The van der Waals surface area contributed by atoms with E-state index in [-0.39, 0.29) is 0 Å². The second kappa shape index (κ2) is 10.6. The van der Waals surface area contributed by atoms with E-state index >= 15 is 0 Å². The molecule has 5 heterocycles. The van der Waals surface area contributed by atoms with Crippen LogP contribution in [0, 0.1) is 0 Å². The van der Waals surface area contributed by atoms with E-state index in [1.54, 1.807) is 0 Å². The predicted molar refractivity (Wildman–Crippen MR) is 168 cm³/mol. The molecule has 2 aliphatic rings. The van der Waals surface area contributed by atoms with Crippen molar-refractivity contribution in [3.05, 3.63) is 97.1 Å². The molecule has 0 unspecified atom stereocenters. The summed E-state index contributed by atoms with van der Waals surface area (Å²) in [6.45, 7) is 0. The van der Waals surface area contributed by atoms with Gasteiger partial charge in [-0.3, -0.25) is 0 Å². The summed E-state index contributed by atoms with van der Waals surface area (Å²) < 4.78 is 0. The van der Waals surface area contributed by atoms with Crippen LogP contribution in [0.2, 0.25) is 0 Å². The Hall–Kier alpha value is -4.56. The summed E-state index contributed by atoms with van der Waals surface area (Å²) in [5.41, 5.74) is 6.45. The van der Waals surface area contributed by atoms with Crippen LogP contribution in [-0.2, 0) is 15.1 Å². The van der Waals surface area contributed by atoms with Crippen LogP contribution in [0.3, 0.4) is 0 Å². The maximum atomic E-state index is 5.02. The van der Waals surface area contributed by atoms with Crippen molar-refractivity contribution in [2.45, 2.75) is 0 Å². The second-order valence-electron chi connectivity index (χ2n) is 9.89. The number of aromatic amines is 2. The van der Waals surface area contributed by atoms with Gasteiger partial charge in [-0.2, -0.15) is 0 Å². The average molecular weight is 651 g/mol. The molecule has 202 valence electrons. The summed E-state index contributed by atoms with van der Waals surface area (Å²) in [4.78, 5) is 36.8. The van der Waals surface area contributed by atoms with Gasteiger partial charge in [-0.15, -0.1) is 0 Å². The van der Waals surface area contributed by atoms with Gasteiger partial charge in [0, 0.05) is 43.8 Å². The van der Waals surface area contributed by atoms with E-state index in [0.717, 1.165) is 43.8 Å². The fraction of sp³-hybridized carbons (Fsp3) is 0. The van der Waals surface area contributed by atoms with E-state index in [0.29, 0.717) is 45.9 Å². The van der Waals surface area contributed by atoms with E-state index in [1.165, 1.54) is 0 Å². The Bertz CT molecular complexity index is 2060. The van der Waals surface area contributed by atoms with Crippen molar-refractivity contribution in [3.8, 4) is 45.6 Å². The van der Waals surface area contributed by atoms with Crippen molar-refractivity contribution >= 4 is 63.5 Å². The van der Waals surface area contributed by atoms with Crippen LogP contribution in [0.4, 0.5) is 0 Å². The molecule has 11 heteroatoms. The molecular weight excluding hydrogens is 633 g/mol. The molecule has 0 radical (unpaired) electrons. The Balaban J connectivity index is 0.000000892. The van der Waals surface area contributed by atoms with Crippen LogP contribution in [0.25, 0.3) is 89.7 Å². The molecule has 8 bridgehead atoms. The number of fused-ring (bicyclic) bond motifs is 20. The first-order valence-electron chi connectivity index (χ1n) is 13.5. The molecule has 7 aromatic rings. The SMILES string of the molecule is [Cl][Zn][Cl].c1ccc2c(c1)-c1nc-2nc2[nH]c(nc3nc(nc4[nH]c(n1)c1ccccc41)-c1ccccc1-3)c1ccccc21. The molecule has 9 rings (SSSR count). The molecule has 2 aliphatic heterocycles. The quantitative estimate of drug-likeness (QED) is 0.160. The smallest absolute Gasteiger partial charge is 0.164 e. The molecule has 0 amide bonds. The number of halogens is 2. The van der Waals surface area contributed by atoms with Gasteiger partial charge >= 0.3 is 34.5 Å². The maximum absolute atomic E-state index is 5.02. The summed E-state index contributed by atoms with van der Waals surface area (Å²) in [5.74, 6) is 2.39. The second-order valence-corrected chi connectivity index (χ2v) is 14.5. The zero-order valence-electron chi connectivity index (χ0n) is 22.4. The minimum atomic E-state index is -0.931. The molecule has 2 N–H and O–H groups in total. The summed E-state index contributed by atoms with van der Waals surface area (Å²) in [6.07, 6.45) is 0. The van der Waals surface area contributed by atoms with Crippen molar-refractivity contribution in [1.82, 2.24) is 39.9 Å². The Morgan fingerprint density at radius 2 is 0.605 bits per heavy atom. The van der Waals surface area contributed by atoms with Crippen LogP contribution in [0.5, 0.6) is 0 Å². The van der Waals surface area contributed by atoms with Gasteiger partial charge < -0.3 is 9.97 Å². The monoisotopic (exact) mass is 648 g/mol. The molecule has 8 nitrogen and oxygen atoms in total. The van der Waals surface area contributed by atoms with Crippen LogP contribution in [0.15, 0.2) is 97.1 Å². The van der Waals surface area contributed by atoms with Gasteiger partial charge in [-0.25, -0.2) is 29.9 Å². The van der Waals surface area contributed by atoms with Gasteiger partial charge in [0.15, 0.2) is 23.3 Å². The number of hydrogen-bond donors (Lipinski definition) is 2. The van der Waals surface area contributed by atoms with Crippen molar-refractivity contribution in [2.24, 2.45) is 0 Å². The van der Waals surface area contributed by atoms with Crippen molar-refractivity contribution < 1.29 is 15.1 Å². The molecule has 4 aromatic carbocycles. The number of nitrogens with zero attached hydrogens (tertiary/aromatic N) is 6. The van der Waals surface area contributed by atoms with E-state index < -0.39 is 15.1 Å². The van der Waals surface area contributed by atoms with Crippen molar-refractivity contribution in [3.63, 3.8) is 0 Å². The van der Waals surface area contributed by atoms with Crippen molar-refractivity contribution in [2.75, 3.05) is 0 Å². The summed E-state index contributed by atoms with van der Waals surface area (Å²) in [5, 5.41) is 3.82. The number of benzene rings is 4. The number of nitrogens with one attached hydrogen (secondary N) is 2. The zero-order valence-corrected chi connectivity index (χ0v) is 26.9. The molecule has 0 saturated carbocycles. The topological polar surface area (TPSA) is 109 Å². The van der Waals surface area contributed by atoms with Gasteiger partial charge in [-0.05, 0) is 0 Å². The van der Waals surface area contributed by atoms with Crippen LogP contribution in [-0.4, -0.2) is 39.9 Å². The Morgan fingerprint density at radius 3 is 0.860 bits per heavy atom. The number of H-pyrrole nitrogens is 2. The van der Waals surface area contributed by atoms with Crippen LogP contribution >= 0.6 is 19.4 Å². The fourth-order valence-electron chi connectivity index (χ4n) is 5.59. The fourth-order valence-corrected chi connectivity index (χ4v) is 5.59. The van der Waals surface area contributed by atoms with Crippen LogP contribution in [0.1, 0.15) is 0 Å². The Morgan fingerprint density at radius 1 is 0.372 bits per heavy atom. The normalized spacial score (nSPS) is 11.4. The Kier molecular flexibility index (Phi) is 6.44. The number of rotatable bonds is 0. The summed E-state index contributed by atoms with van der Waals surface area (Å²) >= 11 is -0.931. The third kappa shape index (κ3) is 4.40. The minimum Gasteiger partial charge on any atom is -0.324 e. The number of aromatic nitrogens is 8. The summed E-state index contributed by atoms with van der Waals surface area (Å²) in [6, 6.07) is 32.2. The first-order valence-corrected chi connectivity index (χ1v) is 21.3. The van der Waals surface area contributed by atoms with E-state index in [1.807, 2.05) is 97.1 Å². The number of hydrogen-bond acceptors (Lipinski definition) is 6. The van der Waals surface area contributed by atoms with Gasteiger partial charge in [0.05, 0.1) is 0 Å². The molecule has 0 fully saturated rings. The van der Waals surface area contributed by atoms with E-state index in [4.69, 9.17) is 49.3 Å². The molecule has 0 aliphatic carbocycles. The standard InChI is InChI=1S/C32H18N8.2ClH.Zn/c1-2-10-18-17(9-1)25-33-26(18)38-28-21-13-5-6-14-22(21)30(35-28)40-32-24-16-8-7-15-23(24)31(36-32)39-29-20-12-4-3-11-19(20)27(34-29)37-25;;;/h1-16H,(H2,33,34,35,36,37,38,39,40);2*1H;/q;;;+2/p-2. The largest absolute Gasteiger partial charge is 0.324 e. The third-order valence-corrected chi connectivity index (χ3v) is 7.46. The average Bonchev–Trinajstić information content (AvgIpc) is 3.77. The molecule has 3 aromatic heterocycles. The molecule has 0 saturated heterocycles. The first kappa shape index (κ1) is 26.1. The van der Waals surface area contributed by atoms with Gasteiger partial charge in [0.2, 0.25) is 0 Å². The van der Waals surface area contributed by atoms with Crippen molar-refractivity contribution in [1.29, 1.82) is 0 Å².